The van der Waals surface area contributed by atoms with Crippen LogP contribution < -0.4 is 5.32 Å². The summed E-state index contributed by atoms with van der Waals surface area (Å²) < 4.78 is 12.8. The molecular formula is C12H18FN. The lowest BCUT2D eigenvalue weighted by molar-refractivity contribution is 0.618. The van der Waals surface area contributed by atoms with Crippen LogP contribution in [0, 0.1) is 5.82 Å². The third kappa shape index (κ3) is 4.38. The van der Waals surface area contributed by atoms with Gasteiger partial charge in [-0.25, -0.2) is 4.39 Å². The molecule has 0 unspecified atom stereocenters. The molecule has 0 aromatic heterocycles. The lowest BCUT2D eigenvalue weighted by Gasteiger charge is -2.03. The van der Waals surface area contributed by atoms with Crippen LogP contribution in [0.15, 0.2) is 24.3 Å². The summed E-state index contributed by atoms with van der Waals surface area (Å²) in [5.74, 6) is -0.135. The molecule has 0 aliphatic heterocycles. The van der Waals surface area contributed by atoms with Crippen molar-refractivity contribution >= 4 is 0 Å². The van der Waals surface area contributed by atoms with Gasteiger partial charge >= 0.3 is 0 Å². The Kier molecular flexibility index (Phi) is 5.23. The van der Waals surface area contributed by atoms with Crippen molar-refractivity contribution in [1.29, 1.82) is 0 Å². The molecule has 0 saturated heterocycles. The smallest absolute Gasteiger partial charge is 0.123 e. The van der Waals surface area contributed by atoms with Gasteiger partial charge in [-0.05, 0) is 50.0 Å². The Balaban J connectivity index is 2.18. The highest BCUT2D eigenvalue weighted by atomic mass is 19.1. The van der Waals surface area contributed by atoms with E-state index in [1.807, 2.05) is 6.07 Å². The van der Waals surface area contributed by atoms with Gasteiger partial charge in [0.05, 0.1) is 0 Å². The van der Waals surface area contributed by atoms with Crippen LogP contribution in [-0.4, -0.2) is 13.1 Å². The van der Waals surface area contributed by atoms with E-state index in [9.17, 15) is 4.39 Å². The van der Waals surface area contributed by atoms with Crippen molar-refractivity contribution in [2.45, 2.75) is 26.2 Å². The number of hydrogen-bond donors (Lipinski definition) is 1. The molecule has 0 saturated carbocycles. The van der Waals surface area contributed by atoms with E-state index in [-0.39, 0.29) is 5.82 Å². The first kappa shape index (κ1) is 11.2. The Hall–Kier alpha value is -0.890. The molecule has 1 N–H and O–H groups in total. The van der Waals surface area contributed by atoms with E-state index in [0.29, 0.717) is 0 Å². The quantitative estimate of drug-likeness (QED) is 0.688. The van der Waals surface area contributed by atoms with Crippen LogP contribution in [0.1, 0.15) is 25.3 Å². The highest BCUT2D eigenvalue weighted by molar-refractivity contribution is 5.16. The van der Waals surface area contributed by atoms with Gasteiger partial charge in [0.2, 0.25) is 0 Å². The molecule has 0 amide bonds. The van der Waals surface area contributed by atoms with E-state index < -0.39 is 0 Å². The monoisotopic (exact) mass is 195 g/mol. The zero-order valence-electron chi connectivity index (χ0n) is 8.72. The van der Waals surface area contributed by atoms with Crippen LogP contribution in [0.4, 0.5) is 4.39 Å². The predicted octanol–water partition coefficient (Wildman–Crippen LogP) is 2.76. The molecule has 14 heavy (non-hydrogen) atoms. The molecule has 1 aromatic carbocycles. The van der Waals surface area contributed by atoms with Crippen LogP contribution in [0.3, 0.4) is 0 Å². The third-order valence-corrected chi connectivity index (χ3v) is 2.13. The van der Waals surface area contributed by atoms with E-state index in [1.165, 1.54) is 12.5 Å². The molecule has 0 spiro atoms. The fourth-order valence-electron chi connectivity index (χ4n) is 1.41. The lowest BCUT2D eigenvalue weighted by atomic mass is 10.1. The first-order valence-electron chi connectivity index (χ1n) is 5.28. The summed E-state index contributed by atoms with van der Waals surface area (Å²) in [6.45, 7) is 4.24. The molecule has 1 aromatic rings. The van der Waals surface area contributed by atoms with E-state index in [2.05, 4.69) is 12.2 Å². The predicted molar refractivity (Wildman–Crippen MR) is 57.9 cm³/mol. The van der Waals surface area contributed by atoms with Crippen molar-refractivity contribution in [3.8, 4) is 0 Å². The highest BCUT2D eigenvalue weighted by Crippen LogP contribution is 2.05. The number of rotatable bonds is 6. The van der Waals surface area contributed by atoms with Crippen LogP contribution in [0.25, 0.3) is 0 Å². The zero-order chi connectivity index (χ0) is 10.2. The zero-order valence-corrected chi connectivity index (χ0v) is 8.72. The first-order chi connectivity index (χ1) is 6.83. The van der Waals surface area contributed by atoms with Gasteiger partial charge in [0.25, 0.3) is 0 Å². The summed E-state index contributed by atoms with van der Waals surface area (Å²) in [5.41, 5.74) is 1.09. The van der Waals surface area contributed by atoms with Gasteiger partial charge in [-0.3, -0.25) is 0 Å². The van der Waals surface area contributed by atoms with Crippen molar-refractivity contribution < 1.29 is 4.39 Å². The molecule has 1 rings (SSSR count). The Morgan fingerprint density at radius 2 is 2.14 bits per heavy atom. The Labute approximate surface area is 85.3 Å². The summed E-state index contributed by atoms with van der Waals surface area (Å²) in [7, 11) is 0. The Bertz CT molecular complexity index is 260. The lowest BCUT2D eigenvalue weighted by Crippen LogP contribution is -2.16. The minimum atomic E-state index is -0.135. The van der Waals surface area contributed by atoms with Gasteiger partial charge in [0.1, 0.15) is 5.82 Å². The summed E-state index contributed by atoms with van der Waals surface area (Å²) in [6, 6.07) is 6.84. The summed E-state index contributed by atoms with van der Waals surface area (Å²) >= 11 is 0. The Morgan fingerprint density at radius 3 is 2.86 bits per heavy atom. The number of benzene rings is 1. The number of hydrogen-bond acceptors (Lipinski definition) is 1. The second kappa shape index (κ2) is 6.55. The maximum Gasteiger partial charge on any atom is 0.123 e. The minimum absolute atomic E-state index is 0.135. The molecule has 0 aliphatic carbocycles. The van der Waals surface area contributed by atoms with Crippen molar-refractivity contribution in [2.24, 2.45) is 0 Å². The number of halogens is 1. The van der Waals surface area contributed by atoms with E-state index in [1.54, 1.807) is 12.1 Å². The van der Waals surface area contributed by atoms with Crippen molar-refractivity contribution in [1.82, 2.24) is 5.32 Å². The minimum Gasteiger partial charge on any atom is -0.317 e. The first-order valence-corrected chi connectivity index (χ1v) is 5.28. The van der Waals surface area contributed by atoms with Gasteiger partial charge in [-0.2, -0.15) is 0 Å². The number of nitrogens with one attached hydrogen (secondary N) is 1. The van der Waals surface area contributed by atoms with Gasteiger partial charge < -0.3 is 5.32 Å². The van der Waals surface area contributed by atoms with Gasteiger partial charge in [-0.15, -0.1) is 0 Å². The van der Waals surface area contributed by atoms with E-state index >= 15 is 0 Å². The number of aryl methyl sites for hydroxylation is 1. The summed E-state index contributed by atoms with van der Waals surface area (Å²) in [4.78, 5) is 0. The van der Waals surface area contributed by atoms with E-state index in [4.69, 9.17) is 0 Å². The molecule has 0 radical (unpaired) electrons. The van der Waals surface area contributed by atoms with Crippen LogP contribution in [0.2, 0.25) is 0 Å². The molecule has 0 atom stereocenters. The largest absolute Gasteiger partial charge is 0.317 e. The molecule has 0 aliphatic rings. The maximum absolute atomic E-state index is 12.8. The van der Waals surface area contributed by atoms with Crippen LogP contribution in [-0.2, 0) is 6.42 Å². The average molecular weight is 195 g/mol. The topological polar surface area (TPSA) is 12.0 Å². The van der Waals surface area contributed by atoms with Crippen molar-refractivity contribution in [3.05, 3.63) is 35.6 Å². The molecule has 2 heteroatoms. The van der Waals surface area contributed by atoms with Crippen molar-refractivity contribution in [3.63, 3.8) is 0 Å². The van der Waals surface area contributed by atoms with Gasteiger partial charge in [0, 0.05) is 0 Å². The van der Waals surface area contributed by atoms with Crippen LogP contribution in [0.5, 0.6) is 0 Å². The SMILES string of the molecule is CCCNCCCc1cccc(F)c1. The molecule has 0 bridgehead atoms. The fourth-order valence-corrected chi connectivity index (χ4v) is 1.41. The fraction of sp³-hybridized carbons (Fsp3) is 0.500. The average Bonchev–Trinajstić information content (AvgIpc) is 2.18. The van der Waals surface area contributed by atoms with E-state index in [0.717, 1.165) is 31.5 Å². The maximum atomic E-state index is 12.8. The molecule has 0 fully saturated rings. The highest BCUT2D eigenvalue weighted by Gasteiger charge is 1.94. The second-order valence-electron chi connectivity index (χ2n) is 3.48. The third-order valence-electron chi connectivity index (χ3n) is 2.13. The molecule has 1 nitrogen and oxygen atoms in total. The van der Waals surface area contributed by atoms with Crippen LogP contribution >= 0.6 is 0 Å². The Morgan fingerprint density at radius 1 is 1.29 bits per heavy atom. The summed E-state index contributed by atoms with van der Waals surface area (Å²) in [6.07, 6.45) is 3.19. The second-order valence-corrected chi connectivity index (χ2v) is 3.48. The molecular weight excluding hydrogens is 177 g/mol. The van der Waals surface area contributed by atoms with Gasteiger partial charge in [-0.1, -0.05) is 19.1 Å². The summed E-state index contributed by atoms with van der Waals surface area (Å²) in [5, 5.41) is 3.33. The standard InChI is InChI=1S/C12H18FN/c1-2-8-14-9-4-6-11-5-3-7-12(13)10-11/h3,5,7,10,14H,2,4,6,8-9H2,1H3. The normalized spacial score (nSPS) is 10.4. The molecule has 0 heterocycles. The van der Waals surface area contributed by atoms with Gasteiger partial charge in [0.15, 0.2) is 0 Å². The molecule has 78 valence electrons. The van der Waals surface area contributed by atoms with Crippen molar-refractivity contribution in [2.75, 3.05) is 13.1 Å².